The van der Waals surface area contributed by atoms with Gasteiger partial charge in [-0.2, -0.15) is 5.10 Å². The second kappa shape index (κ2) is 6.64. The van der Waals surface area contributed by atoms with Gasteiger partial charge in [0.2, 0.25) is 0 Å². The first-order valence-corrected chi connectivity index (χ1v) is 7.77. The second-order valence-electron chi connectivity index (χ2n) is 5.71. The molecule has 1 aromatic carbocycles. The van der Waals surface area contributed by atoms with Gasteiger partial charge in [-0.1, -0.05) is 12.1 Å². The molecule has 1 atom stereocenters. The molecule has 0 bridgehead atoms. The molecule has 128 valence electrons. The molecule has 0 spiro atoms. The van der Waals surface area contributed by atoms with Crippen molar-refractivity contribution in [3.63, 3.8) is 0 Å². The fourth-order valence-electron chi connectivity index (χ4n) is 2.66. The first-order chi connectivity index (χ1) is 12.0. The maximum atomic E-state index is 12.4. The van der Waals surface area contributed by atoms with Crippen LogP contribution in [0.1, 0.15) is 39.4 Å². The van der Waals surface area contributed by atoms with E-state index >= 15 is 0 Å². The van der Waals surface area contributed by atoms with Crippen molar-refractivity contribution in [3.05, 3.63) is 71.8 Å². The number of benzene rings is 1. The molecular weight excluding hydrogens is 320 g/mol. The first kappa shape index (κ1) is 16.5. The Bertz CT molecular complexity index is 895. The number of aromatic nitrogens is 3. The van der Waals surface area contributed by atoms with E-state index in [-0.39, 0.29) is 17.3 Å². The third kappa shape index (κ3) is 3.30. The van der Waals surface area contributed by atoms with Crippen LogP contribution in [-0.4, -0.2) is 31.3 Å². The fourth-order valence-corrected chi connectivity index (χ4v) is 2.66. The Morgan fingerprint density at radius 3 is 2.40 bits per heavy atom. The molecular formula is C18H18N4O3. The lowest BCUT2D eigenvalue weighted by Crippen LogP contribution is -2.28. The van der Waals surface area contributed by atoms with Gasteiger partial charge in [-0.15, -0.1) is 0 Å². The number of nitrogens with zero attached hydrogens (tertiary/aromatic N) is 3. The summed E-state index contributed by atoms with van der Waals surface area (Å²) in [7, 11) is 1.49. The van der Waals surface area contributed by atoms with Gasteiger partial charge in [0.05, 0.1) is 17.8 Å². The van der Waals surface area contributed by atoms with Crippen LogP contribution in [-0.2, 0) is 7.05 Å². The summed E-state index contributed by atoms with van der Waals surface area (Å²) in [4.78, 5) is 23.7. The summed E-state index contributed by atoms with van der Waals surface area (Å²) in [5, 5.41) is 15.9. The average Bonchev–Trinajstić information content (AvgIpc) is 3.24. The van der Waals surface area contributed by atoms with Gasteiger partial charge in [-0.25, -0.2) is 4.79 Å². The quantitative estimate of drug-likeness (QED) is 0.747. The molecule has 0 saturated carbocycles. The van der Waals surface area contributed by atoms with Gasteiger partial charge in [0, 0.05) is 25.1 Å². The number of carbonyl (C=O) groups is 2. The summed E-state index contributed by atoms with van der Waals surface area (Å²) in [5.74, 6) is -1.65. The van der Waals surface area contributed by atoms with Crippen LogP contribution in [0.4, 0.5) is 0 Å². The normalized spacial score (nSPS) is 11.9. The highest BCUT2D eigenvalue weighted by Gasteiger charge is 2.22. The van der Waals surface area contributed by atoms with Gasteiger partial charge in [0.25, 0.3) is 5.91 Å². The number of rotatable bonds is 5. The van der Waals surface area contributed by atoms with Gasteiger partial charge < -0.3 is 15.0 Å². The van der Waals surface area contributed by atoms with E-state index < -0.39 is 11.9 Å². The average molecular weight is 338 g/mol. The van der Waals surface area contributed by atoms with E-state index in [0.29, 0.717) is 0 Å². The lowest BCUT2D eigenvalue weighted by Gasteiger charge is -2.15. The Kier molecular flexibility index (Phi) is 4.38. The van der Waals surface area contributed by atoms with Crippen molar-refractivity contribution in [2.75, 3.05) is 0 Å². The van der Waals surface area contributed by atoms with E-state index in [2.05, 4.69) is 10.4 Å². The van der Waals surface area contributed by atoms with Crippen LogP contribution in [0.5, 0.6) is 0 Å². The minimum absolute atomic E-state index is 0.0470. The summed E-state index contributed by atoms with van der Waals surface area (Å²) in [6.07, 6.45) is 5.17. The van der Waals surface area contributed by atoms with Crippen LogP contribution in [0.15, 0.2) is 55.0 Å². The molecule has 0 aliphatic rings. The summed E-state index contributed by atoms with van der Waals surface area (Å²) in [5.41, 5.74) is 1.86. The Morgan fingerprint density at radius 1 is 1.16 bits per heavy atom. The van der Waals surface area contributed by atoms with Crippen LogP contribution in [0.25, 0.3) is 5.69 Å². The fraction of sp³-hybridized carbons (Fsp3) is 0.167. The molecule has 0 fully saturated rings. The zero-order valence-corrected chi connectivity index (χ0v) is 13.9. The van der Waals surface area contributed by atoms with Crippen molar-refractivity contribution in [2.45, 2.75) is 13.0 Å². The Morgan fingerprint density at radius 2 is 1.80 bits per heavy atom. The molecule has 7 nitrogen and oxygen atoms in total. The second-order valence-corrected chi connectivity index (χ2v) is 5.71. The summed E-state index contributed by atoms with van der Waals surface area (Å²) < 4.78 is 3.16. The molecule has 0 radical (unpaired) electrons. The van der Waals surface area contributed by atoms with E-state index in [9.17, 15) is 14.7 Å². The van der Waals surface area contributed by atoms with Crippen molar-refractivity contribution < 1.29 is 14.7 Å². The number of nitrogens with one attached hydrogen (secondary N) is 1. The number of carboxylic acids is 1. The topological polar surface area (TPSA) is 89.2 Å². The standard InChI is InChI=1S/C18H18N4O3/c1-12(13-5-7-14(8-6-13)22-9-3-4-10-22)20-17(23)15-11-19-21(2)16(15)18(24)25/h3-12H,1-2H3,(H,20,23)(H,24,25). The van der Waals surface area contributed by atoms with Crippen molar-refractivity contribution in [2.24, 2.45) is 7.05 Å². The molecule has 1 unspecified atom stereocenters. The summed E-state index contributed by atoms with van der Waals surface area (Å²) >= 11 is 0. The molecule has 1 amide bonds. The molecule has 2 aromatic heterocycles. The summed E-state index contributed by atoms with van der Waals surface area (Å²) in [6.45, 7) is 1.85. The number of aryl methyl sites for hydroxylation is 1. The molecule has 0 aliphatic carbocycles. The third-order valence-electron chi connectivity index (χ3n) is 4.03. The maximum Gasteiger partial charge on any atom is 0.354 e. The molecule has 0 aliphatic heterocycles. The van der Waals surface area contributed by atoms with Gasteiger partial charge in [0.15, 0.2) is 5.69 Å². The zero-order valence-electron chi connectivity index (χ0n) is 13.9. The molecule has 2 N–H and O–H groups in total. The predicted molar refractivity (Wildman–Crippen MR) is 91.8 cm³/mol. The SMILES string of the molecule is CC(NC(=O)c1cnn(C)c1C(=O)O)c1ccc(-n2cccc2)cc1. The van der Waals surface area contributed by atoms with E-state index in [1.165, 1.54) is 17.9 Å². The largest absolute Gasteiger partial charge is 0.477 e. The highest BCUT2D eigenvalue weighted by molar-refractivity contribution is 6.03. The zero-order chi connectivity index (χ0) is 18.0. The van der Waals surface area contributed by atoms with Crippen molar-refractivity contribution in [1.82, 2.24) is 19.7 Å². The summed E-state index contributed by atoms with van der Waals surface area (Å²) in [6, 6.07) is 11.4. The van der Waals surface area contributed by atoms with Gasteiger partial charge >= 0.3 is 5.97 Å². The Labute approximate surface area is 144 Å². The maximum absolute atomic E-state index is 12.4. The number of hydrogen-bond acceptors (Lipinski definition) is 3. The molecule has 3 rings (SSSR count). The monoisotopic (exact) mass is 338 g/mol. The molecule has 0 saturated heterocycles. The molecule has 2 heterocycles. The lowest BCUT2D eigenvalue weighted by atomic mass is 10.1. The Hall–Kier alpha value is -3.35. The van der Waals surface area contributed by atoms with E-state index in [1.807, 2.05) is 60.3 Å². The van der Waals surface area contributed by atoms with Crippen LogP contribution >= 0.6 is 0 Å². The third-order valence-corrected chi connectivity index (χ3v) is 4.03. The highest BCUT2D eigenvalue weighted by atomic mass is 16.4. The molecule has 3 aromatic rings. The van der Waals surface area contributed by atoms with Crippen molar-refractivity contribution >= 4 is 11.9 Å². The van der Waals surface area contributed by atoms with E-state index in [0.717, 1.165) is 11.3 Å². The Balaban J connectivity index is 1.75. The van der Waals surface area contributed by atoms with E-state index in [1.54, 1.807) is 0 Å². The highest BCUT2D eigenvalue weighted by Crippen LogP contribution is 2.17. The number of hydrogen-bond donors (Lipinski definition) is 2. The van der Waals surface area contributed by atoms with Crippen LogP contribution in [0, 0.1) is 0 Å². The molecule has 7 heteroatoms. The van der Waals surface area contributed by atoms with Crippen LogP contribution < -0.4 is 5.32 Å². The van der Waals surface area contributed by atoms with Crippen molar-refractivity contribution in [3.8, 4) is 5.69 Å². The number of carbonyl (C=O) groups excluding carboxylic acids is 1. The van der Waals surface area contributed by atoms with E-state index in [4.69, 9.17) is 0 Å². The smallest absolute Gasteiger partial charge is 0.354 e. The first-order valence-electron chi connectivity index (χ1n) is 7.77. The predicted octanol–water partition coefficient (Wildman–Crippen LogP) is 2.40. The number of carboxylic acid groups (broad SMARTS) is 1. The van der Waals surface area contributed by atoms with Gasteiger partial charge in [-0.05, 0) is 36.8 Å². The van der Waals surface area contributed by atoms with Crippen LogP contribution in [0.3, 0.4) is 0 Å². The van der Waals surface area contributed by atoms with Gasteiger partial charge in [0.1, 0.15) is 0 Å². The number of amides is 1. The minimum Gasteiger partial charge on any atom is -0.477 e. The molecule has 25 heavy (non-hydrogen) atoms. The number of aromatic carboxylic acids is 1. The minimum atomic E-state index is -1.19. The van der Waals surface area contributed by atoms with Gasteiger partial charge in [-0.3, -0.25) is 9.48 Å². The van der Waals surface area contributed by atoms with Crippen molar-refractivity contribution in [1.29, 1.82) is 0 Å². The lowest BCUT2D eigenvalue weighted by molar-refractivity contribution is 0.0678. The van der Waals surface area contributed by atoms with Crippen LogP contribution in [0.2, 0.25) is 0 Å².